The first-order valence-corrected chi connectivity index (χ1v) is 7.49. The topological polar surface area (TPSA) is 54.9 Å². The van der Waals surface area contributed by atoms with Gasteiger partial charge >= 0.3 is 0 Å². The Bertz CT molecular complexity index is 804. The highest BCUT2D eigenvalue weighted by Gasteiger charge is 2.08. The molecule has 3 rings (SSSR count). The lowest BCUT2D eigenvalue weighted by Crippen LogP contribution is -2.23. The Morgan fingerprint density at radius 1 is 1.04 bits per heavy atom. The number of pyridine rings is 2. The molecule has 0 spiro atoms. The molecule has 5 heteroatoms. The maximum atomic E-state index is 12.3. The molecule has 114 valence electrons. The summed E-state index contributed by atoms with van der Waals surface area (Å²) in [6, 6.07) is 14.8. The number of hydrogen-bond donors (Lipinski definition) is 1. The third kappa shape index (κ3) is 3.93. The van der Waals surface area contributed by atoms with E-state index in [-0.39, 0.29) is 5.91 Å². The van der Waals surface area contributed by atoms with Crippen LogP contribution in [0.15, 0.2) is 67.1 Å². The van der Waals surface area contributed by atoms with E-state index in [1.54, 1.807) is 18.6 Å². The Kier molecular flexibility index (Phi) is 4.64. The fraction of sp³-hybridized carbons (Fsp3) is 0.0556. The van der Waals surface area contributed by atoms with E-state index in [0.717, 1.165) is 16.8 Å². The molecule has 1 N–H and O–H groups in total. The van der Waals surface area contributed by atoms with Gasteiger partial charge in [-0.2, -0.15) is 0 Å². The first kappa shape index (κ1) is 15.2. The predicted octanol–water partition coefficient (Wildman–Crippen LogP) is 3.73. The summed E-state index contributed by atoms with van der Waals surface area (Å²) in [7, 11) is 0. The van der Waals surface area contributed by atoms with E-state index in [4.69, 9.17) is 11.6 Å². The summed E-state index contributed by atoms with van der Waals surface area (Å²) in [5.74, 6) is -0.182. The van der Waals surface area contributed by atoms with Crippen LogP contribution in [0.5, 0.6) is 0 Å². The van der Waals surface area contributed by atoms with Gasteiger partial charge in [-0.15, -0.1) is 0 Å². The molecule has 0 saturated carbocycles. The molecule has 23 heavy (non-hydrogen) atoms. The highest BCUT2D eigenvalue weighted by Crippen LogP contribution is 2.21. The van der Waals surface area contributed by atoms with Gasteiger partial charge in [0.05, 0.1) is 17.8 Å². The number of carbonyl (C=O) groups excluding carboxylic acids is 1. The molecule has 0 aliphatic carbocycles. The van der Waals surface area contributed by atoms with Crippen LogP contribution in [-0.4, -0.2) is 15.9 Å². The van der Waals surface area contributed by atoms with Gasteiger partial charge in [0, 0.05) is 29.2 Å². The monoisotopic (exact) mass is 323 g/mol. The minimum Gasteiger partial charge on any atom is -0.346 e. The lowest BCUT2D eigenvalue weighted by atomic mass is 10.1. The average molecular weight is 324 g/mol. The number of benzene rings is 1. The fourth-order valence-corrected chi connectivity index (χ4v) is 2.27. The summed E-state index contributed by atoms with van der Waals surface area (Å²) < 4.78 is 0. The number of nitrogens with one attached hydrogen (secondary N) is 1. The second-order valence-corrected chi connectivity index (χ2v) is 5.41. The second-order valence-electron chi connectivity index (χ2n) is 4.97. The summed E-state index contributed by atoms with van der Waals surface area (Å²) in [6.07, 6.45) is 4.97. The first-order valence-electron chi connectivity index (χ1n) is 7.11. The van der Waals surface area contributed by atoms with E-state index < -0.39 is 0 Å². The average Bonchev–Trinajstić information content (AvgIpc) is 2.61. The van der Waals surface area contributed by atoms with Crippen molar-refractivity contribution in [2.45, 2.75) is 6.54 Å². The van der Waals surface area contributed by atoms with Crippen molar-refractivity contribution in [2.75, 3.05) is 0 Å². The van der Waals surface area contributed by atoms with E-state index in [0.29, 0.717) is 17.1 Å². The van der Waals surface area contributed by atoms with Crippen LogP contribution in [0, 0.1) is 0 Å². The summed E-state index contributed by atoms with van der Waals surface area (Å²) in [6.45, 7) is 0.380. The predicted molar refractivity (Wildman–Crippen MR) is 90.1 cm³/mol. The molecule has 2 heterocycles. The second kappa shape index (κ2) is 7.03. The van der Waals surface area contributed by atoms with Crippen molar-refractivity contribution in [1.29, 1.82) is 0 Å². The van der Waals surface area contributed by atoms with Crippen molar-refractivity contribution < 1.29 is 4.79 Å². The van der Waals surface area contributed by atoms with E-state index >= 15 is 0 Å². The van der Waals surface area contributed by atoms with Crippen molar-refractivity contribution in [3.8, 4) is 11.1 Å². The van der Waals surface area contributed by atoms with Crippen molar-refractivity contribution in [3.63, 3.8) is 0 Å². The minimum absolute atomic E-state index is 0.182. The summed E-state index contributed by atoms with van der Waals surface area (Å²) in [5, 5.41) is 3.51. The Morgan fingerprint density at radius 2 is 1.87 bits per heavy atom. The van der Waals surface area contributed by atoms with Crippen molar-refractivity contribution in [3.05, 3.63) is 83.4 Å². The van der Waals surface area contributed by atoms with Crippen LogP contribution in [0.3, 0.4) is 0 Å². The third-order valence-electron chi connectivity index (χ3n) is 3.33. The maximum Gasteiger partial charge on any atom is 0.253 e. The molecular formula is C18H14ClN3O. The van der Waals surface area contributed by atoms with Gasteiger partial charge in [0.25, 0.3) is 5.91 Å². The molecule has 0 atom stereocenters. The van der Waals surface area contributed by atoms with Gasteiger partial charge in [0.15, 0.2) is 0 Å². The Labute approximate surface area is 139 Å². The van der Waals surface area contributed by atoms with Crippen LogP contribution in [0.25, 0.3) is 11.1 Å². The quantitative estimate of drug-likeness (QED) is 0.796. The molecule has 1 amide bonds. The zero-order valence-corrected chi connectivity index (χ0v) is 13.0. The molecule has 0 fully saturated rings. The molecule has 1 aromatic carbocycles. The number of aromatic nitrogens is 2. The smallest absolute Gasteiger partial charge is 0.253 e. The number of rotatable bonds is 4. The SMILES string of the molecule is O=C(NCc1ccccn1)c1cncc(-c2ccc(Cl)cc2)c1. The zero-order valence-electron chi connectivity index (χ0n) is 12.2. The van der Waals surface area contributed by atoms with Gasteiger partial charge in [0.2, 0.25) is 0 Å². The normalized spacial score (nSPS) is 10.3. The van der Waals surface area contributed by atoms with Gasteiger partial charge in [-0.1, -0.05) is 29.8 Å². The van der Waals surface area contributed by atoms with Crippen LogP contribution in [0.2, 0.25) is 5.02 Å². The first-order chi connectivity index (χ1) is 11.2. The van der Waals surface area contributed by atoms with Crippen molar-refractivity contribution >= 4 is 17.5 Å². The fourth-order valence-electron chi connectivity index (χ4n) is 2.14. The van der Waals surface area contributed by atoms with Crippen LogP contribution >= 0.6 is 11.6 Å². The van der Waals surface area contributed by atoms with Gasteiger partial charge in [-0.25, -0.2) is 0 Å². The number of halogens is 1. The zero-order chi connectivity index (χ0) is 16.1. The van der Waals surface area contributed by atoms with Gasteiger partial charge < -0.3 is 5.32 Å². The van der Waals surface area contributed by atoms with E-state index in [1.165, 1.54) is 0 Å². The molecule has 4 nitrogen and oxygen atoms in total. The lowest BCUT2D eigenvalue weighted by Gasteiger charge is -2.07. The summed E-state index contributed by atoms with van der Waals surface area (Å²) >= 11 is 5.89. The molecule has 0 aliphatic heterocycles. The van der Waals surface area contributed by atoms with Crippen LogP contribution in [0.1, 0.15) is 16.1 Å². The van der Waals surface area contributed by atoms with Crippen LogP contribution in [0.4, 0.5) is 0 Å². The third-order valence-corrected chi connectivity index (χ3v) is 3.59. The molecular weight excluding hydrogens is 310 g/mol. The molecule has 0 saturated heterocycles. The number of amides is 1. The largest absolute Gasteiger partial charge is 0.346 e. The lowest BCUT2D eigenvalue weighted by molar-refractivity contribution is 0.0950. The van der Waals surface area contributed by atoms with Crippen LogP contribution < -0.4 is 5.32 Å². The number of nitrogens with zero attached hydrogens (tertiary/aromatic N) is 2. The number of hydrogen-bond acceptors (Lipinski definition) is 3. The van der Waals surface area contributed by atoms with Gasteiger partial charge in [-0.05, 0) is 35.9 Å². The molecule has 0 unspecified atom stereocenters. The van der Waals surface area contributed by atoms with E-state index in [9.17, 15) is 4.79 Å². The van der Waals surface area contributed by atoms with Crippen LogP contribution in [-0.2, 0) is 6.54 Å². The molecule has 0 radical (unpaired) electrons. The van der Waals surface area contributed by atoms with E-state index in [1.807, 2.05) is 48.5 Å². The summed E-state index contributed by atoms with van der Waals surface area (Å²) in [4.78, 5) is 20.6. The maximum absolute atomic E-state index is 12.3. The van der Waals surface area contributed by atoms with Crippen molar-refractivity contribution in [1.82, 2.24) is 15.3 Å². The Morgan fingerprint density at radius 3 is 2.61 bits per heavy atom. The van der Waals surface area contributed by atoms with Gasteiger partial charge in [0.1, 0.15) is 0 Å². The Hall–Kier alpha value is -2.72. The molecule has 3 aromatic rings. The molecule has 0 bridgehead atoms. The molecule has 2 aromatic heterocycles. The van der Waals surface area contributed by atoms with Gasteiger partial charge in [-0.3, -0.25) is 14.8 Å². The standard InChI is InChI=1S/C18H14ClN3O/c19-16-6-4-13(5-7-16)14-9-15(11-20-10-14)18(23)22-12-17-3-1-2-8-21-17/h1-11H,12H2,(H,22,23). The molecule has 0 aliphatic rings. The minimum atomic E-state index is -0.182. The highest BCUT2D eigenvalue weighted by atomic mass is 35.5. The number of carbonyl (C=O) groups is 1. The van der Waals surface area contributed by atoms with E-state index in [2.05, 4.69) is 15.3 Å². The Balaban J connectivity index is 1.74. The highest BCUT2D eigenvalue weighted by molar-refractivity contribution is 6.30. The van der Waals surface area contributed by atoms with Crippen molar-refractivity contribution in [2.24, 2.45) is 0 Å². The summed E-state index contributed by atoms with van der Waals surface area (Å²) in [5.41, 5.74) is 3.14.